The van der Waals surface area contributed by atoms with Crippen molar-refractivity contribution >= 4 is 11.6 Å². The fourth-order valence-corrected chi connectivity index (χ4v) is 2.62. The number of nitrogens with one attached hydrogen (secondary N) is 1. The Morgan fingerprint density at radius 2 is 1.76 bits per heavy atom. The molecule has 3 nitrogen and oxygen atoms in total. The van der Waals surface area contributed by atoms with Crippen LogP contribution in [0.25, 0.3) is 0 Å². The van der Waals surface area contributed by atoms with Crippen LogP contribution in [0.5, 0.6) is 11.5 Å². The van der Waals surface area contributed by atoms with E-state index in [1.807, 2.05) is 43.4 Å². The van der Waals surface area contributed by atoms with Gasteiger partial charge in [0.05, 0.1) is 14.2 Å². The summed E-state index contributed by atoms with van der Waals surface area (Å²) in [4.78, 5) is 0. The maximum Gasteiger partial charge on any atom is 0.123 e. The smallest absolute Gasteiger partial charge is 0.123 e. The minimum Gasteiger partial charge on any atom is -0.496 e. The maximum atomic E-state index is 6.13. The molecule has 4 heteroatoms. The summed E-state index contributed by atoms with van der Waals surface area (Å²) >= 11 is 6.13. The van der Waals surface area contributed by atoms with Crippen molar-refractivity contribution in [2.45, 2.75) is 12.5 Å². The van der Waals surface area contributed by atoms with Crippen LogP contribution in [-0.2, 0) is 6.42 Å². The van der Waals surface area contributed by atoms with Gasteiger partial charge in [0.25, 0.3) is 0 Å². The minimum absolute atomic E-state index is 0.0925. The molecule has 0 bridgehead atoms. The molecule has 2 aromatic carbocycles. The topological polar surface area (TPSA) is 30.5 Å². The number of halogens is 1. The number of hydrogen-bond donors (Lipinski definition) is 1. The third kappa shape index (κ3) is 3.69. The predicted molar refractivity (Wildman–Crippen MR) is 86.5 cm³/mol. The summed E-state index contributed by atoms with van der Waals surface area (Å²) in [6.45, 7) is 0. The zero-order valence-electron chi connectivity index (χ0n) is 12.5. The van der Waals surface area contributed by atoms with Gasteiger partial charge in [-0.25, -0.2) is 0 Å². The van der Waals surface area contributed by atoms with Crippen molar-refractivity contribution in [3.05, 3.63) is 58.6 Å². The highest BCUT2D eigenvalue weighted by Crippen LogP contribution is 2.32. The molecule has 1 N–H and O–H groups in total. The van der Waals surface area contributed by atoms with Crippen LogP contribution in [0.4, 0.5) is 0 Å². The highest BCUT2D eigenvalue weighted by molar-refractivity contribution is 6.30. The van der Waals surface area contributed by atoms with Crippen molar-refractivity contribution in [1.82, 2.24) is 5.32 Å². The first kappa shape index (κ1) is 15.7. The highest BCUT2D eigenvalue weighted by Gasteiger charge is 2.17. The monoisotopic (exact) mass is 305 g/mol. The Balaban J connectivity index is 2.34. The predicted octanol–water partition coefficient (Wildman–Crippen LogP) is 3.86. The molecule has 2 rings (SSSR count). The molecule has 21 heavy (non-hydrogen) atoms. The fraction of sp³-hybridized carbons (Fsp3) is 0.294. The lowest BCUT2D eigenvalue weighted by Crippen LogP contribution is -2.20. The Labute approximate surface area is 130 Å². The third-order valence-electron chi connectivity index (χ3n) is 3.53. The van der Waals surface area contributed by atoms with E-state index >= 15 is 0 Å². The molecule has 0 saturated heterocycles. The van der Waals surface area contributed by atoms with E-state index in [4.69, 9.17) is 21.1 Å². The normalized spacial score (nSPS) is 12.0. The van der Waals surface area contributed by atoms with E-state index in [0.717, 1.165) is 29.0 Å². The standard InChI is InChI=1S/C17H20ClNO2/c1-19-15(10-12-6-4-5-7-16(12)20-2)14-11-13(18)8-9-17(14)21-3/h4-9,11,15,19H,10H2,1-3H3. The van der Waals surface area contributed by atoms with Crippen molar-refractivity contribution in [2.24, 2.45) is 0 Å². The van der Waals surface area contributed by atoms with Gasteiger partial charge in [0.1, 0.15) is 11.5 Å². The summed E-state index contributed by atoms with van der Waals surface area (Å²) in [6.07, 6.45) is 0.789. The van der Waals surface area contributed by atoms with Crippen LogP contribution >= 0.6 is 11.6 Å². The van der Waals surface area contributed by atoms with E-state index < -0.39 is 0 Å². The number of rotatable bonds is 6. The molecule has 0 spiro atoms. The Hall–Kier alpha value is -1.71. The second-order valence-electron chi connectivity index (χ2n) is 4.74. The van der Waals surface area contributed by atoms with Crippen molar-refractivity contribution < 1.29 is 9.47 Å². The molecule has 0 aliphatic carbocycles. The van der Waals surface area contributed by atoms with Gasteiger partial charge >= 0.3 is 0 Å². The van der Waals surface area contributed by atoms with Gasteiger partial charge in [-0.15, -0.1) is 0 Å². The molecule has 0 heterocycles. The van der Waals surface area contributed by atoms with Gasteiger partial charge in [0.15, 0.2) is 0 Å². The van der Waals surface area contributed by atoms with Crippen molar-refractivity contribution in [3.8, 4) is 11.5 Å². The van der Waals surface area contributed by atoms with Crippen LogP contribution < -0.4 is 14.8 Å². The molecule has 0 radical (unpaired) electrons. The summed E-state index contributed by atoms with van der Waals surface area (Å²) in [6, 6.07) is 13.8. The first-order valence-corrected chi connectivity index (χ1v) is 7.20. The molecule has 0 saturated carbocycles. The number of para-hydroxylation sites is 1. The van der Waals surface area contributed by atoms with Crippen LogP contribution in [-0.4, -0.2) is 21.3 Å². The molecular weight excluding hydrogens is 286 g/mol. The lowest BCUT2D eigenvalue weighted by atomic mass is 9.97. The molecular formula is C17H20ClNO2. The molecule has 0 aromatic heterocycles. The van der Waals surface area contributed by atoms with Crippen LogP contribution in [0.15, 0.2) is 42.5 Å². The minimum atomic E-state index is 0.0925. The molecule has 112 valence electrons. The van der Waals surface area contributed by atoms with Crippen LogP contribution in [0.2, 0.25) is 5.02 Å². The number of hydrogen-bond acceptors (Lipinski definition) is 3. The molecule has 0 aliphatic heterocycles. The van der Waals surface area contributed by atoms with E-state index in [1.165, 1.54) is 0 Å². The molecule has 1 unspecified atom stereocenters. The maximum absolute atomic E-state index is 6.13. The lowest BCUT2D eigenvalue weighted by Gasteiger charge is -2.21. The number of methoxy groups -OCH3 is 2. The molecule has 0 aliphatic rings. The Morgan fingerprint density at radius 1 is 1.05 bits per heavy atom. The van der Waals surface area contributed by atoms with E-state index in [0.29, 0.717) is 5.02 Å². The number of likely N-dealkylation sites (N-methyl/N-ethyl adjacent to an activating group) is 1. The molecule has 0 amide bonds. The van der Waals surface area contributed by atoms with Crippen molar-refractivity contribution in [3.63, 3.8) is 0 Å². The van der Waals surface area contributed by atoms with Crippen molar-refractivity contribution in [2.75, 3.05) is 21.3 Å². The quantitative estimate of drug-likeness (QED) is 0.879. The summed E-state index contributed by atoms with van der Waals surface area (Å²) in [5, 5.41) is 4.03. The van der Waals surface area contributed by atoms with Gasteiger partial charge in [0, 0.05) is 16.6 Å². The molecule has 0 fully saturated rings. The summed E-state index contributed by atoms with van der Waals surface area (Å²) in [5.41, 5.74) is 2.18. The lowest BCUT2D eigenvalue weighted by molar-refractivity contribution is 0.395. The average molecular weight is 306 g/mol. The highest BCUT2D eigenvalue weighted by atomic mass is 35.5. The number of ether oxygens (including phenoxy) is 2. The number of benzene rings is 2. The van der Waals surface area contributed by atoms with Gasteiger partial charge in [-0.3, -0.25) is 0 Å². The summed E-state index contributed by atoms with van der Waals surface area (Å²) < 4.78 is 10.9. The van der Waals surface area contributed by atoms with E-state index in [-0.39, 0.29) is 6.04 Å². The van der Waals surface area contributed by atoms with E-state index in [2.05, 4.69) is 11.4 Å². The van der Waals surface area contributed by atoms with Crippen LogP contribution in [0, 0.1) is 0 Å². The van der Waals surface area contributed by atoms with Crippen molar-refractivity contribution in [1.29, 1.82) is 0 Å². The SMILES string of the molecule is CNC(Cc1ccccc1OC)c1cc(Cl)ccc1OC. The Morgan fingerprint density at radius 3 is 2.43 bits per heavy atom. The second-order valence-corrected chi connectivity index (χ2v) is 5.18. The zero-order chi connectivity index (χ0) is 15.2. The third-order valence-corrected chi connectivity index (χ3v) is 3.77. The zero-order valence-corrected chi connectivity index (χ0v) is 13.3. The van der Waals surface area contributed by atoms with E-state index in [9.17, 15) is 0 Å². The first-order valence-electron chi connectivity index (χ1n) is 6.82. The summed E-state index contributed by atoms with van der Waals surface area (Å²) in [7, 11) is 5.29. The van der Waals surface area contributed by atoms with Gasteiger partial charge in [-0.1, -0.05) is 29.8 Å². The van der Waals surface area contributed by atoms with E-state index in [1.54, 1.807) is 14.2 Å². The first-order chi connectivity index (χ1) is 10.2. The van der Waals surface area contributed by atoms with Gasteiger partial charge < -0.3 is 14.8 Å². The van der Waals surface area contributed by atoms with Crippen LogP contribution in [0.3, 0.4) is 0 Å². The molecule has 1 atom stereocenters. The van der Waals surface area contributed by atoms with Gasteiger partial charge in [-0.2, -0.15) is 0 Å². The largest absolute Gasteiger partial charge is 0.496 e. The van der Waals surface area contributed by atoms with Crippen LogP contribution in [0.1, 0.15) is 17.2 Å². The second kappa shape index (κ2) is 7.34. The van der Waals surface area contributed by atoms with Gasteiger partial charge in [-0.05, 0) is 43.3 Å². The Kier molecular flexibility index (Phi) is 5.48. The summed E-state index contributed by atoms with van der Waals surface area (Å²) in [5.74, 6) is 1.72. The van der Waals surface area contributed by atoms with Gasteiger partial charge in [0.2, 0.25) is 0 Å². The molecule has 2 aromatic rings. The average Bonchev–Trinajstić information content (AvgIpc) is 2.53. The fourth-order valence-electron chi connectivity index (χ4n) is 2.44. The Bertz CT molecular complexity index is 601.